The molecule has 19 heavy (non-hydrogen) atoms. The first-order valence-electron chi connectivity index (χ1n) is 5.50. The molecule has 0 saturated heterocycles. The van der Waals surface area contributed by atoms with Gasteiger partial charge < -0.3 is 5.32 Å². The lowest BCUT2D eigenvalue weighted by Crippen LogP contribution is -2.14. The van der Waals surface area contributed by atoms with Crippen molar-refractivity contribution in [1.82, 2.24) is 0 Å². The summed E-state index contributed by atoms with van der Waals surface area (Å²) in [6.07, 6.45) is 0. The second kappa shape index (κ2) is 6.00. The maximum Gasteiger partial charge on any atom is 0.256 e. The van der Waals surface area contributed by atoms with Gasteiger partial charge in [0.1, 0.15) is 5.82 Å². The second-order valence-corrected chi connectivity index (χ2v) is 6.12. The van der Waals surface area contributed by atoms with Gasteiger partial charge in [0.15, 0.2) is 0 Å². The lowest BCUT2D eigenvalue weighted by molar-refractivity contribution is 0.102. The van der Waals surface area contributed by atoms with E-state index in [0.29, 0.717) is 11.3 Å². The van der Waals surface area contributed by atoms with Crippen molar-refractivity contribution in [2.45, 2.75) is 6.92 Å². The quantitative estimate of drug-likeness (QED) is 0.680. The van der Waals surface area contributed by atoms with Gasteiger partial charge in [0.25, 0.3) is 5.91 Å². The zero-order valence-corrected chi connectivity index (χ0v) is 13.7. The van der Waals surface area contributed by atoms with E-state index in [1.54, 1.807) is 13.0 Å². The van der Waals surface area contributed by atoms with Crippen molar-refractivity contribution in [3.05, 3.63) is 61.4 Å². The van der Waals surface area contributed by atoms with E-state index in [4.69, 9.17) is 0 Å². The molecule has 2 aromatic rings. The molecule has 0 aliphatic carbocycles. The predicted molar refractivity (Wildman–Crippen MR) is 85.9 cm³/mol. The summed E-state index contributed by atoms with van der Waals surface area (Å²) in [6, 6.07) is 9.78. The SMILES string of the molecule is Cc1ccc(F)cc1C(=O)Nc1cc(Br)ccc1I. The molecule has 1 N–H and O–H groups in total. The Kier molecular flexibility index (Phi) is 4.57. The first-order valence-corrected chi connectivity index (χ1v) is 7.37. The van der Waals surface area contributed by atoms with Crippen molar-refractivity contribution in [1.29, 1.82) is 0 Å². The van der Waals surface area contributed by atoms with Gasteiger partial charge in [-0.1, -0.05) is 22.0 Å². The highest BCUT2D eigenvalue weighted by molar-refractivity contribution is 14.1. The predicted octanol–water partition coefficient (Wildman–Crippen LogP) is 4.75. The standard InChI is InChI=1S/C14H10BrFINO/c1-8-2-4-10(16)7-11(8)14(19)18-13-6-9(15)3-5-12(13)17/h2-7H,1H3,(H,18,19). The number of halogens is 3. The average Bonchev–Trinajstić information content (AvgIpc) is 2.36. The minimum atomic E-state index is -0.417. The van der Waals surface area contributed by atoms with Crippen molar-refractivity contribution in [3.8, 4) is 0 Å². The summed E-state index contributed by atoms with van der Waals surface area (Å²) in [5.41, 5.74) is 1.78. The van der Waals surface area contributed by atoms with Gasteiger partial charge >= 0.3 is 0 Å². The average molecular weight is 434 g/mol. The molecule has 0 unspecified atom stereocenters. The minimum absolute atomic E-state index is 0.312. The number of hydrogen-bond acceptors (Lipinski definition) is 1. The van der Waals surface area contributed by atoms with Gasteiger partial charge in [0, 0.05) is 13.6 Å². The molecule has 5 heteroatoms. The van der Waals surface area contributed by atoms with Crippen LogP contribution in [0.4, 0.5) is 10.1 Å². The Morgan fingerprint density at radius 1 is 1.26 bits per heavy atom. The number of benzene rings is 2. The zero-order chi connectivity index (χ0) is 14.0. The summed E-state index contributed by atoms with van der Waals surface area (Å²) in [6.45, 7) is 1.78. The lowest BCUT2D eigenvalue weighted by atomic mass is 10.1. The van der Waals surface area contributed by atoms with E-state index in [1.165, 1.54) is 12.1 Å². The van der Waals surface area contributed by atoms with Crippen LogP contribution in [0.25, 0.3) is 0 Å². The highest BCUT2D eigenvalue weighted by Crippen LogP contribution is 2.24. The van der Waals surface area contributed by atoms with Gasteiger partial charge in [-0.05, 0) is 65.4 Å². The van der Waals surface area contributed by atoms with E-state index in [2.05, 4.69) is 43.8 Å². The molecule has 0 aromatic heterocycles. The Hall–Kier alpha value is -0.950. The number of carbonyl (C=O) groups excluding carboxylic acids is 1. The molecule has 0 bridgehead atoms. The minimum Gasteiger partial charge on any atom is -0.321 e. The van der Waals surface area contributed by atoms with Crippen LogP contribution >= 0.6 is 38.5 Å². The number of carbonyl (C=O) groups is 1. The molecule has 0 saturated carbocycles. The van der Waals surface area contributed by atoms with E-state index in [0.717, 1.165) is 13.6 Å². The van der Waals surface area contributed by atoms with Crippen LogP contribution in [0.2, 0.25) is 0 Å². The third kappa shape index (κ3) is 3.54. The van der Waals surface area contributed by atoms with E-state index in [9.17, 15) is 9.18 Å². The number of hydrogen-bond donors (Lipinski definition) is 1. The molecule has 0 aliphatic heterocycles. The molecule has 0 aliphatic rings. The van der Waals surface area contributed by atoms with E-state index >= 15 is 0 Å². The molecular weight excluding hydrogens is 424 g/mol. The van der Waals surface area contributed by atoms with Crippen molar-refractivity contribution in [2.75, 3.05) is 5.32 Å². The van der Waals surface area contributed by atoms with Crippen LogP contribution in [0, 0.1) is 16.3 Å². The molecule has 0 heterocycles. The molecule has 2 nitrogen and oxygen atoms in total. The largest absolute Gasteiger partial charge is 0.321 e. The Balaban J connectivity index is 2.30. The normalized spacial score (nSPS) is 10.3. The molecule has 1 amide bonds. The monoisotopic (exact) mass is 433 g/mol. The van der Waals surface area contributed by atoms with Crippen molar-refractivity contribution < 1.29 is 9.18 Å². The van der Waals surface area contributed by atoms with Gasteiger partial charge in [-0.3, -0.25) is 4.79 Å². The highest BCUT2D eigenvalue weighted by atomic mass is 127. The maximum absolute atomic E-state index is 13.2. The Morgan fingerprint density at radius 3 is 2.74 bits per heavy atom. The number of amides is 1. The Bertz CT molecular complexity index is 645. The fraction of sp³-hybridized carbons (Fsp3) is 0.0714. The van der Waals surface area contributed by atoms with Gasteiger partial charge in [-0.25, -0.2) is 4.39 Å². The van der Waals surface area contributed by atoms with Crippen LogP contribution in [0.3, 0.4) is 0 Å². The zero-order valence-electron chi connectivity index (χ0n) is 10.0. The third-order valence-corrected chi connectivity index (χ3v) is 4.05. The topological polar surface area (TPSA) is 29.1 Å². The summed E-state index contributed by atoms with van der Waals surface area (Å²) in [5.74, 6) is -0.729. The Morgan fingerprint density at radius 2 is 2.00 bits per heavy atom. The number of rotatable bonds is 2. The molecule has 0 spiro atoms. The molecule has 2 rings (SSSR count). The third-order valence-electron chi connectivity index (χ3n) is 2.62. The molecule has 0 fully saturated rings. The fourth-order valence-corrected chi connectivity index (χ4v) is 2.45. The van der Waals surface area contributed by atoms with Crippen LogP contribution in [0.5, 0.6) is 0 Å². The molecule has 98 valence electrons. The smallest absolute Gasteiger partial charge is 0.256 e. The van der Waals surface area contributed by atoms with E-state index in [-0.39, 0.29) is 5.91 Å². The summed E-state index contributed by atoms with van der Waals surface area (Å²) < 4.78 is 15.0. The van der Waals surface area contributed by atoms with E-state index < -0.39 is 5.82 Å². The summed E-state index contributed by atoms with van der Waals surface area (Å²) in [5, 5.41) is 2.79. The van der Waals surface area contributed by atoms with Gasteiger partial charge in [0.2, 0.25) is 0 Å². The fourth-order valence-electron chi connectivity index (χ4n) is 1.62. The first-order chi connectivity index (χ1) is 8.97. The second-order valence-electron chi connectivity index (χ2n) is 4.04. The van der Waals surface area contributed by atoms with Crippen molar-refractivity contribution in [2.24, 2.45) is 0 Å². The first kappa shape index (κ1) is 14.5. The highest BCUT2D eigenvalue weighted by Gasteiger charge is 2.12. The summed E-state index contributed by atoms with van der Waals surface area (Å²) >= 11 is 5.49. The van der Waals surface area contributed by atoms with Crippen LogP contribution in [-0.2, 0) is 0 Å². The number of aryl methyl sites for hydroxylation is 1. The van der Waals surface area contributed by atoms with Gasteiger partial charge in [-0.2, -0.15) is 0 Å². The Labute approximate surface area is 132 Å². The lowest BCUT2D eigenvalue weighted by Gasteiger charge is -2.10. The molecular formula is C14H10BrFINO. The van der Waals surface area contributed by atoms with Crippen LogP contribution < -0.4 is 5.32 Å². The molecule has 0 radical (unpaired) electrons. The van der Waals surface area contributed by atoms with Crippen LogP contribution in [0.15, 0.2) is 40.9 Å². The van der Waals surface area contributed by atoms with Crippen LogP contribution in [0.1, 0.15) is 15.9 Å². The van der Waals surface area contributed by atoms with Crippen LogP contribution in [-0.4, -0.2) is 5.91 Å². The maximum atomic E-state index is 13.2. The van der Waals surface area contributed by atoms with Gasteiger partial charge in [0.05, 0.1) is 5.69 Å². The summed E-state index contributed by atoms with van der Waals surface area (Å²) in [7, 11) is 0. The summed E-state index contributed by atoms with van der Waals surface area (Å²) in [4.78, 5) is 12.2. The van der Waals surface area contributed by atoms with Crippen molar-refractivity contribution in [3.63, 3.8) is 0 Å². The number of anilines is 1. The molecule has 0 atom stereocenters. The van der Waals surface area contributed by atoms with Crippen molar-refractivity contribution >= 4 is 50.1 Å². The molecule has 2 aromatic carbocycles. The van der Waals surface area contributed by atoms with Gasteiger partial charge in [-0.15, -0.1) is 0 Å². The number of nitrogens with one attached hydrogen (secondary N) is 1. The van der Waals surface area contributed by atoms with E-state index in [1.807, 2.05) is 18.2 Å².